The zero-order valence-electron chi connectivity index (χ0n) is 10.6. The maximum absolute atomic E-state index is 11.5. The minimum Gasteiger partial charge on any atom is -0.396 e. The van der Waals surface area contributed by atoms with Crippen LogP contribution in [0.2, 0.25) is 0 Å². The van der Waals surface area contributed by atoms with Crippen molar-refractivity contribution in [3.05, 3.63) is 0 Å². The number of nitrogens with one attached hydrogen (secondary N) is 1. The summed E-state index contributed by atoms with van der Waals surface area (Å²) < 4.78 is 27.1. The lowest BCUT2D eigenvalue weighted by molar-refractivity contribution is -0.122. The van der Waals surface area contributed by atoms with Gasteiger partial charge in [0.1, 0.15) is 9.84 Å². The molecule has 0 saturated carbocycles. The van der Waals surface area contributed by atoms with E-state index in [-0.39, 0.29) is 30.1 Å². The van der Waals surface area contributed by atoms with E-state index >= 15 is 0 Å². The average molecular weight is 279 g/mol. The number of ether oxygens (including phenoxy) is 1. The Morgan fingerprint density at radius 3 is 2.50 bits per heavy atom. The van der Waals surface area contributed by atoms with Crippen molar-refractivity contribution in [2.75, 3.05) is 38.4 Å². The van der Waals surface area contributed by atoms with Crippen molar-refractivity contribution < 1.29 is 23.1 Å². The lowest BCUT2D eigenvalue weighted by Crippen LogP contribution is -2.44. The van der Waals surface area contributed by atoms with Gasteiger partial charge in [-0.3, -0.25) is 4.79 Å². The molecule has 0 radical (unpaired) electrons. The van der Waals surface area contributed by atoms with Crippen molar-refractivity contribution in [3.8, 4) is 0 Å². The third-order valence-corrected chi connectivity index (χ3v) is 4.20. The normalized spacial score (nSPS) is 19.4. The molecule has 0 aromatic heterocycles. The van der Waals surface area contributed by atoms with E-state index in [0.29, 0.717) is 32.6 Å². The molecule has 0 aromatic rings. The lowest BCUT2D eigenvalue weighted by atomic mass is 9.81. The molecule has 106 valence electrons. The highest BCUT2D eigenvalue weighted by Crippen LogP contribution is 2.28. The van der Waals surface area contributed by atoms with Crippen molar-refractivity contribution >= 4 is 15.7 Å². The summed E-state index contributed by atoms with van der Waals surface area (Å²) in [7, 11) is -3.11. The van der Waals surface area contributed by atoms with Gasteiger partial charge >= 0.3 is 0 Å². The lowest BCUT2D eigenvalue weighted by Gasteiger charge is -2.35. The van der Waals surface area contributed by atoms with E-state index in [2.05, 4.69) is 5.32 Å². The highest BCUT2D eigenvalue weighted by atomic mass is 32.2. The van der Waals surface area contributed by atoms with Gasteiger partial charge in [-0.25, -0.2) is 8.42 Å². The molecule has 0 atom stereocenters. The van der Waals surface area contributed by atoms with Crippen LogP contribution < -0.4 is 5.32 Å². The Kier molecular flexibility index (Phi) is 5.55. The molecule has 0 bridgehead atoms. The van der Waals surface area contributed by atoms with Crippen molar-refractivity contribution in [2.45, 2.75) is 19.3 Å². The molecule has 0 aliphatic carbocycles. The van der Waals surface area contributed by atoms with Crippen LogP contribution in [0.1, 0.15) is 19.3 Å². The molecule has 1 amide bonds. The third-order valence-electron chi connectivity index (χ3n) is 3.25. The maximum atomic E-state index is 11.5. The van der Waals surface area contributed by atoms with Gasteiger partial charge in [-0.15, -0.1) is 0 Å². The zero-order valence-corrected chi connectivity index (χ0v) is 11.5. The van der Waals surface area contributed by atoms with Gasteiger partial charge in [0, 0.05) is 37.9 Å². The molecule has 6 nitrogen and oxygen atoms in total. The van der Waals surface area contributed by atoms with Gasteiger partial charge < -0.3 is 15.2 Å². The van der Waals surface area contributed by atoms with Crippen molar-refractivity contribution in [1.82, 2.24) is 5.32 Å². The molecular weight excluding hydrogens is 258 g/mol. The minimum absolute atomic E-state index is 0.00269. The number of hydrogen-bond acceptors (Lipinski definition) is 5. The van der Waals surface area contributed by atoms with Gasteiger partial charge in [0.2, 0.25) is 5.91 Å². The summed E-state index contributed by atoms with van der Waals surface area (Å²) >= 11 is 0. The number of rotatable bonds is 6. The Balaban J connectivity index is 2.36. The highest BCUT2D eigenvalue weighted by molar-refractivity contribution is 7.90. The predicted molar refractivity (Wildman–Crippen MR) is 66.9 cm³/mol. The van der Waals surface area contributed by atoms with Gasteiger partial charge in [0.15, 0.2) is 0 Å². The van der Waals surface area contributed by atoms with E-state index in [1.807, 2.05) is 0 Å². The van der Waals surface area contributed by atoms with Gasteiger partial charge in [0.25, 0.3) is 0 Å². The quantitative estimate of drug-likeness (QED) is 0.672. The molecule has 1 saturated heterocycles. The Hall–Kier alpha value is -0.660. The van der Waals surface area contributed by atoms with Crippen LogP contribution in [0.4, 0.5) is 0 Å². The predicted octanol–water partition coefficient (Wildman–Crippen LogP) is -0.674. The van der Waals surface area contributed by atoms with Crippen LogP contribution in [0.5, 0.6) is 0 Å². The Morgan fingerprint density at radius 1 is 1.39 bits per heavy atom. The first-order valence-electron chi connectivity index (χ1n) is 6.00. The fraction of sp³-hybridized carbons (Fsp3) is 0.909. The molecule has 0 unspecified atom stereocenters. The van der Waals surface area contributed by atoms with E-state index in [4.69, 9.17) is 4.74 Å². The molecule has 1 rings (SSSR count). The summed E-state index contributed by atoms with van der Waals surface area (Å²) in [6.45, 7) is 1.54. The maximum Gasteiger partial charge on any atom is 0.221 e. The van der Waals surface area contributed by atoms with Crippen LogP contribution in [0.25, 0.3) is 0 Å². The minimum atomic E-state index is -3.11. The summed E-state index contributed by atoms with van der Waals surface area (Å²) in [5, 5.41) is 12.1. The molecule has 1 fully saturated rings. The van der Waals surface area contributed by atoms with Gasteiger partial charge in [0.05, 0.1) is 12.4 Å². The molecule has 2 N–H and O–H groups in total. The van der Waals surface area contributed by atoms with Crippen LogP contribution in [-0.2, 0) is 19.4 Å². The first kappa shape index (κ1) is 15.4. The van der Waals surface area contributed by atoms with Gasteiger partial charge in [-0.05, 0) is 12.8 Å². The van der Waals surface area contributed by atoms with Crippen LogP contribution in [0.15, 0.2) is 0 Å². The standard InChI is InChI=1S/C11H21NO5S/c1-18(15,16)7-2-10(14)12-8-11(9-13)3-5-17-6-4-11/h13H,2-9H2,1H3,(H,12,14). The smallest absolute Gasteiger partial charge is 0.221 e. The number of carbonyl (C=O) groups excluding carboxylic acids is 1. The SMILES string of the molecule is CS(=O)(=O)CCC(=O)NCC1(CO)CCOCC1. The van der Waals surface area contributed by atoms with Crippen molar-refractivity contribution in [3.63, 3.8) is 0 Å². The second-order valence-electron chi connectivity index (χ2n) is 4.93. The topological polar surface area (TPSA) is 92.7 Å². The molecule has 1 aliphatic heterocycles. The third kappa shape index (κ3) is 5.32. The summed E-state index contributed by atoms with van der Waals surface area (Å²) in [5.74, 6) is -0.437. The molecule has 0 aromatic carbocycles. The fourth-order valence-electron chi connectivity index (χ4n) is 1.85. The molecule has 1 heterocycles. The summed E-state index contributed by atoms with van der Waals surface area (Å²) in [5.41, 5.74) is -0.320. The Morgan fingerprint density at radius 2 is 2.00 bits per heavy atom. The number of aliphatic hydroxyl groups is 1. The molecule has 1 aliphatic rings. The van der Waals surface area contributed by atoms with Crippen LogP contribution in [0.3, 0.4) is 0 Å². The van der Waals surface area contributed by atoms with Gasteiger partial charge in [-0.1, -0.05) is 0 Å². The average Bonchev–Trinajstić information content (AvgIpc) is 2.34. The largest absolute Gasteiger partial charge is 0.396 e. The molecular formula is C11H21NO5S. The van der Waals surface area contributed by atoms with E-state index < -0.39 is 9.84 Å². The summed E-state index contributed by atoms with van der Waals surface area (Å²) in [6.07, 6.45) is 2.48. The van der Waals surface area contributed by atoms with E-state index in [0.717, 1.165) is 6.26 Å². The van der Waals surface area contributed by atoms with E-state index in [1.165, 1.54) is 0 Å². The van der Waals surface area contributed by atoms with E-state index in [1.54, 1.807) is 0 Å². The van der Waals surface area contributed by atoms with E-state index in [9.17, 15) is 18.3 Å². The van der Waals surface area contributed by atoms with Gasteiger partial charge in [-0.2, -0.15) is 0 Å². The fourth-order valence-corrected chi connectivity index (χ4v) is 2.40. The first-order chi connectivity index (χ1) is 8.37. The van der Waals surface area contributed by atoms with Crippen LogP contribution >= 0.6 is 0 Å². The number of sulfone groups is 1. The second kappa shape index (κ2) is 6.49. The summed E-state index contributed by atoms with van der Waals surface area (Å²) in [6, 6.07) is 0. The number of aliphatic hydroxyl groups excluding tert-OH is 1. The van der Waals surface area contributed by atoms with Crippen molar-refractivity contribution in [2.24, 2.45) is 5.41 Å². The number of amides is 1. The highest BCUT2D eigenvalue weighted by Gasteiger charge is 2.32. The Bertz CT molecular complexity index is 373. The number of hydrogen-bond donors (Lipinski definition) is 2. The van der Waals surface area contributed by atoms with Crippen LogP contribution in [-0.4, -0.2) is 57.8 Å². The first-order valence-corrected chi connectivity index (χ1v) is 8.06. The number of carbonyl (C=O) groups is 1. The molecule has 7 heteroatoms. The second-order valence-corrected chi connectivity index (χ2v) is 7.19. The molecule has 18 heavy (non-hydrogen) atoms. The van der Waals surface area contributed by atoms with Crippen molar-refractivity contribution in [1.29, 1.82) is 0 Å². The zero-order chi connectivity index (χ0) is 13.6. The molecule has 0 spiro atoms. The summed E-state index contributed by atoms with van der Waals surface area (Å²) in [4.78, 5) is 11.5. The van der Waals surface area contributed by atoms with Crippen LogP contribution in [0, 0.1) is 5.41 Å². The monoisotopic (exact) mass is 279 g/mol. The Labute approximate surface area is 108 Å².